The summed E-state index contributed by atoms with van der Waals surface area (Å²) in [5.74, 6) is 0.0122. The van der Waals surface area contributed by atoms with Crippen molar-refractivity contribution in [1.29, 1.82) is 0 Å². The summed E-state index contributed by atoms with van der Waals surface area (Å²) in [5, 5.41) is 0.559. The minimum Gasteiger partial charge on any atom is -0.474 e. The Morgan fingerprint density at radius 1 is 1.28 bits per heavy atom. The number of nitrogens with one attached hydrogen (secondary N) is 1. The number of hydrogen-bond acceptors (Lipinski definition) is 7. The van der Waals surface area contributed by atoms with E-state index >= 15 is 0 Å². The Labute approximate surface area is 225 Å². The predicted molar refractivity (Wildman–Crippen MR) is 142 cm³/mol. The maximum absolute atomic E-state index is 13.4. The van der Waals surface area contributed by atoms with Crippen molar-refractivity contribution in [2.75, 3.05) is 7.11 Å². The van der Waals surface area contributed by atoms with E-state index in [2.05, 4.69) is 15.0 Å². The average molecular weight is 626 g/mol. The number of rotatable bonds is 8. The van der Waals surface area contributed by atoms with Crippen molar-refractivity contribution in [2.45, 2.75) is 49.3 Å². The Morgan fingerprint density at radius 3 is 2.61 bits per heavy atom. The van der Waals surface area contributed by atoms with Gasteiger partial charge in [0.1, 0.15) is 10.0 Å². The van der Waals surface area contributed by atoms with Gasteiger partial charge in [0.15, 0.2) is 0 Å². The Balaban J connectivity index is 1.77. The Morgan fingerprint density at radius 2 is 2.00 bits per heavy atom. The fraction of sp³-hybridized carbons (Fsp3) is 0.375. The fourth-order valence-electron chi connectivity index (χ4n) is 3.58. The van der Waals surface area contributed by atoms with Crippen LogP contribution in [-0.4, -0.2) is 42.2 Å². The lowest BCUT2D eigenvalue weighted by atomic mass is 9.96. The highest BCUT2D eigenvalue weighted by Gasteiger charge is 2.21. The van der Waals surface area contributed by atoms with Crippen LogP contribution in [0, 0.1) is 6.92 Å². The predicted octanol–water partition coefficient (Wildman–Crippen LogP) is 2.88. The molecule has 1 aliphatic carbocycles. The summed E-state index contributed by atoms with van der Waals surface area (Å²) in [5.41, 5.74) is 0.766. The molecule has 10 nitrogen and oxygen atoms in total. The second kappa shape index (κ2) is 11.4. The number of ether oxygens (including phenoxy) is 2. The van der Waals surface area contributed by atoms with Crippen LogP contribution in [0.4, 0.5) is 5.69 Å². The fourth-order valence-corrected chi connectivity index (χ4v) is 4.36. The smallest absolute Gasteiger partial charge is 0.335 e. The molecule has 2 heterocycles. The van der Waals surface area contributed by atoms with Crippen LogP contribution in [0.5, 0.6) is 5.88 Å². The van der Waals surface area contributed by atoms with Gasteiger partial charge in [-0.25, -0.2) is 24.1 Å². The van der Waals surface area contributed by atoms with Gasteiger partial charge in [-0.15, -0.1) is 0 Å². The number of aromatic amines is 1. The van der Waals surface area contributed by atoms with E-state index in [9.17, 15) is 14.4 Å². The Bertz CT molecular complexity index is 1440. The number of carbonyl (C=O) groups excluding carboxylic acids is 1. The summed E-state index contributed by atoms with van der Waals surface area (Å²) in [6, 6.07) is 8.77. The number of aromatic nitrogens is 4. The molecular weight excluding hydrogens is 601 g/mol. The van der Waals surface area contributed by atoms with Crippen molar-refractivity contribution in [3.63, 3.8) is 0 Å². The summed E-state index contributed by atoms with van der Waals surface area (Å²) >= 11 is 7.84. The van der Waals surface area contributed by atoms with Gasteiger partial charge in [-0.05, 0) is 49.9 Å². The summed E-state index contributed by atoms with van der Waals surface area (Å²) in [7, 11) is 1.25. The van der Waals surface area contributed by atoms with Gasteiger partial charge in [-0.2, -0.15) is 0 Å². The van der Waals surface area contributed by atoms with Crippen LogP contribution in [0.25, 0.3) is 0 Å². The molecule has 0 amide bonds. The van der Waals surface area contributed by atoms with Crippen molar-refractivity contribution in [3.05, 3.63) is 79.3 Å². The van der Waals surface area contributed by atoms with Crippen molar-refractivity contribution in [1.82, 2.24) is 19.1 Å². The first-order chi connectivity index (χ1) is 17.2. The first-order valence-electron chi connectivity index (χ1n) is 11.3. The number of aryl methyl sites for hydroxylation is 1. The van der Waals surface area contributed by atoms with Crippen molar-refractivity contribution < 1.29 is 14.3 Å². The van der Waals surface area contributed by atoms with E-state index in [1.807, 2.05) is 29.5 Å². The van der Waals surface area contributed by atoms with Gasteiger partial charge in [0.25, 0.3) is 0 Å². The molecule has 0 aliphatic heterocycles. The van der Waals surface area contributed by atoms with Crippen LogP contribution >= 0.6 is 34.2 Å². The number of alkyl halides is 1. The molecule has 1 fully saturated rings. The molecule has 0 spiro atoms. The van der Waals surface area contributed by atoms with E-state index < -0.39 is 21.3 Å². The summed E-state index contributed by atoms with van der Waals surface area (Å²) in [4.78, 5) is 49.8. The van der Waals surface area contributed by atoms with Crippen LogP contribution in [0.3, 0.4) is 0 Å². The van der Waals surface area contributed by atoms with Gasteiger partial charge in [0.05, 0.1) is 32.1 Å². The summed E-state index contributed by atoms with van der Waals surface area (Å²) < 4.78 is 12.2. The molecule has 12 heteroatoms. The topological polar surface area (TPSA) is 121 Å². The molecule has 1 aliphatic rings. The van der Waals surface area contributed by atoms with E-state index in [-0.39, 0.29) is 24.8 Å². The normalized spacial score (nSPS) is 14.8. The second-order valence-corrected chi connectivity index (χ2v) is 10.4. The minimum absolute atomic E-state index is 0.0492. The lowest BCUT2D eigenvalue weighted by molar-refractivity contribution is -0.139. The molecule has 3 aromatic rings. The van der Waals surface area contributed by atoms with Crippen LogP contribution < -0.4 is 21.7 Å². The van der Waals surface area contributed by atoms with E-state index in [0.717, 1.165) is 35.0 Å². The molecule has 190 valence electrons. The third kappa shape index (κ3) is 6.06. The number of pyridine rings is 1. The number of esters is 1. The quantitative estimate of drug-likeness (QED) is 0.234. The highest BCUT2D eigenvalue weighted by molar-refractivity contribution is 14.1. The number of methoxy groups -OCH3 is 1. The zero-order valence-corrected chi connectivity index (χ0v) is 22.7. The maximum Gasteiger partial charge on any atom is 0.335 e. The largest absolute Gasteiger partial charge is 0.474 e. The summed E-state index contributed by atoms with van der Waals surface area (Å²) in [6.45, 7) is 1.83. The second-order valence-electron chi connectivity index (χ2n) is 8.45. The molecule has 0 radical (unpaired) electrons. The van der Waals surface area contributed by atoms with Gasteiger partial charge < -0.3 is 9.47 Å². The monoisotopic (exact) mass is 625 g/mol. The summed E-state index contributed by atoms with van der Waals surface area (Å²) in [6.07, 6.45) is 4.92. The molecule has 0 unspecified atom stereocenters. The van der Waals surface area contributed by atoms with Gasteiger partial charge in [-0.1, -0.05) is 46.3 Å². The van der Waals surface area contributed by atoms with E-state index in [0.29, 0.717) is 16.6 Å². The molecule has 2 aromatic heterocycles. The molecular formula is C24H25ClIN5O5. The molecule has 4 rings (SSSR count). The Kier molecular flexibility index (Phi) is 8.29. The number of H-pyrrole nitrogens is 1. The van der Waals surface area contributed by atoms with Gasteiger partial charge >= 0.3 is 17.3 Å². The van der Waals surface area contributed by atoms with E-state index in [1.54, 1.807) is 30.3 Å². The van der Waals surface area contributed by atoms with Crippen LogP contribution in [-0.2, 0) is 22.6 Å². The molecule has 1 atom stereocenters. The average Bonchev–Trinajstić information content (AvgIpc) is 2.83. The molecule has 1 N–H and O–H groups in total. The number of hydrogen-bond donors (Lipinski definition) is 1. The van der Waals surface area contributed by atoms with Crippen molar-refractivity contribution in [3.8, 4) is 5.88 Å². The third-order valence-electron chi connectivity index (χ3n) is 5.82. The standard InChI is InChI=1S/C24H25ClIN5O5/c1-14-10-17(11-27-20(14)36-18-4-3-5-18)28-22-29-23(33)31(13-19(26)21(32)35-2)24(34)30(22)12-15-6-8-16(25)9-7-15/h6-11,18-19H,3-5,12-13H2,1-2H3,(H,28,29,33)/t19-/m0/s1. The van der Waals surface area contributed by atoms with Crippen LogP contribution in [0.1, 0.15) is 30.4 Å². The van der Waals surface area contributed by atoms with Crippen molar-refractivity contribution in [2.24, 2.45) is 4.99 Å². The highest BCUT2D eigenvalue weighted by Crippen LogP contribution is 2.27. The SMILES string of the molecule is COC(=O)[C@@H](I)Cn1c(=O)[nH]/c(=N\c2cnc(OC3CCC3)c(C)c2)n(Cc2ccc(Cl)cc2)c1=O. The molecule has 0 saturated heterocycles. The van der Waals surface area contributed by atoms with Gasteiger partial charge in [0, 0.05) is 10.6 Å². The lowest BCUT2D eigenvalue weighted by Crippen LogP contribution is -2.51. The molecule has 1 saturated carbocycles. The maximum atomic E-state index is 13.4. The van der Waals surface area contributed by atoms with Crippen LogP contribution in [0.2, 0.25) is 5.02 Å². The van der Waals surface area contributed by atoms with E-state index in [4.69, 9.17) is 21.1 Å². The number of halogens is 2. The number of benzene rings is 1. The third-order valence-corrected chi connectivity index (χ3v) is 6.97. The first-order valence-corrected chi connectivity index (χ1v) is 13.0. The lowest BCUT2D eigenvalue weighted by Gasteiger charge is -2.26. The number of carbonyl (C=O) groups is 1. The molecule has 36 heavy (non-hydrogen) atoms. The minimum atomic E-state index is -0.728. The highest BCUT2D eigenvalue weighted by atomic mass is 127. The molecule has 1 aromatic carbocycles. The van der Waals surface area contributed by atoms with Gasteiger partial charge in [-0.3, -0.25) is 14.3 Å². The Hall–Kier alpha value is -2.93. The van der Waals surface area contributed by atoms with Crippen LogP contribution in [0.15, 0.2) is 51.1 Å². The zero-order chi connectivity index (χ0) is 25.8. The zero-order valence-electron chi connectivity index (χ0n) is 19.7. The van der Waals surface area contributed by atoms with Crippen molar-refractivity contribution >= 4 is 45.8 Å². The number of nitrogens with zero attached hydrogens (tertiary/aromatic N) is 4. The van der Waals surface area contributed by atoms with Gasteiger partial charge in [0.2, 0.25) is 11.5 Å². The molecule has 0 bridgehead atoms. The first kappa shape index (κ1) is 26.1. The van der Waals surface area contributed by atoms with E-state index in [1.165, 1.54) is 17.9 Å².